The standard InChI is InChI=1S/C12H9Cl2NO/c1-16-12-5-2-8(7-15-12)10-6-9(13)3-4-11(10)14/h2-7H,1H3. The van der Waals surface area contributed by atoms with E-state index in [1.54, 1.807) is 31.5 Å². The Balaban J connectivity index is 2.45. The SMILES string of the molecule is COc1ccc(-c2cc(Cl)ccc2Cl)cn1. The second kappa shape index (κ2) is 4.73. The molecule has 0 aliphatic rings. The van der Waals surface area contributed by atoms with Crippen LogP contribution in [-0.4, -0.2) is 12.1 Å². The highest BCUT2D eigenvalue weighted by Gasteiger charge is 2.05. The van der Waals surface area contributed by atoms with E-state index < -0.39 is 0 Å². The van der Waals surface area contributed by atoms with Gasteiger partial charge in [0.2, 0.25) is 5.88 Å². The fraction of sp³-hybridized carbons (Fsp3) is 0.0833. The summed E-state index contributed by atoms with van der Waals surface area (Å²) in [5, 5.41) is 1.30. The van der Waals surface area contributed by atoms with Gasteiger partial charge in [-0.2, -0.15) is 0 Å². The second-order valence-electron chi connectivity index (χ2n) is 3.21. The van der Waals surface area contributed by atoms with Crippen LogP contribution in [0.15, 0.2) is 36.5 Å². The first-order valence-electron chi connectivity index (χ1n) is 4.66. The summed E-state index contributed by atoms with van der Waals surface area (Å²) < 4.78 is 4.99. The Morgan fingerprint density at radius 1 is 1.12 bits per heavy atom. The van der Waals surface area contributed by atoms with Crippen LogP contribution in [-0.2, 0) is 0 Å². The summed E-state index contributed by atoms with van der Waals surface area (Å²) in [6, 6.07) is 9.01. The third-order valence-corrected chi connectivity index (χ3v) is 2.75. The lowest BCUT2D eigenvalue weighted by Gasteiger charge is -2.05. The first kappa shape index (κ1) is 11.2. The van der Waals surface area contributed by atoms with E-state index in [2.05, 4.69) is 4.98 Å². The predicted molar refractivity (Wildman–Crippen MR) is 66.2 cm³/mol. The number of rotatable bonds is 2. The zero-order valence-electron chi connectivity index (χ0n) is 8.58. The minimum atomic E-state index is 0.571. The Hall–Kier alpha value is -1.25. The van der Waals surface area contributed by atoms with Gasteiger partial charge in [-0.25, -0.2) is 4.98 Å². The van der Waals surface area contributed by atoms with Gasteiger partial charge in [0.1, 0.15) is 0 Å². The number of aromatic nitrogens is 1. The molecule has 0 saturated heterocycles. The lowest BCUT2D eigenvalue weighted by Crippen LogP contribution is -1.87. The summed E-state index contributed by atoms with van der Waals surface area (Å²) in [7, 11) is 1.58. The summed E-state index contributed by atoms with van der Waals surface area (Å²) >= 11 is 12.0. The Kier molecular flexibility index (Phi) is 3.32. The third-order valence-electron chi connectivity index (χ3n) is 2.18. The molecule has 4 heteroatoms. The number of benzene rings is 1. The topological polar surface area (TPSA) is 22.1 Å². The number of ether oxygens (including phenoxy) is 1. The minimum absolute atomic E-state index is 0.571. The van der Waals surface area contributed by atoms with Crippen LogP contribution in [0.3, 0.4) is 0 Å². The van der Waals surface area contributed by atoms with Crippen LogP contribution >= 0.6 is 23.2 Å². The van der Waals surface area contributed by atoms with Crippen LogP contribution in [0.25, 0.3) is 11.1 Å². The van der Waals surface area contributed by atoms with E-state index in [0.717, 1.165) is 11.1 Å². The second-order valence-corrected chi connectivity index (χ2v) is 4.06. The molecule has 2 rings (SSSR count). The summed E-state index contributed by atoms with van der Waals surface area (Å²) in [6.07, 6.45) is 1.70. The smallest absolute Gasteiger partial charge is 0.212 e. The third kappa shape index (κ3) is 2.29. The molecule has 16 heavy (non-hydrogen) atoms. The van der Waals surface area contributed by atoms with Crippen LogP contribution in [0.2, 0.25) is 10.0 Å². The van der Waals surface area contributed by atoms with E-state index in [1.165, 1.54) is 0 Å². The van der Waals surface area contributed by atoms with Crippen molar-refractivity contribution in [3.8, 4) is 17.0 Å². The summed E-state index contributed by atoms with van der Waals surface area (Å²) in [5.41, 5.74) is 1.78. The molecule has 2 nitrogen and oxygen atoms in total. The molecule has 0 atom stereocenters. The molecule has 0 aliphatic heterocycles. The summed E-state index contributed by atoms with van der Waals surface area (Å²) in [5.74, 6) is 0.571. The molecule has 2 aromatic rings. The number of halogens is 2. The van der Waals surface area contributed by atoms with Crippen molar-refractivity contribution in [1.29, 1.82) is 0 Å². The van der Waals surface area contributed by atoms with E-state index in [4.69, 9.17) is 27.9 Å². The zero-order chi connectivity index (χ0) is 11.5. The Morgan fingerprint density at radius 2 is 1.94 bits per heavy atom. The van der Waals surface area contributed by atoms with Gasteiger partial charge < -0.3 is 4.74 Å². The van der Waals surface area contributed by atoms with E-state index >= 15 is 0 Å². The van der Waals surface area contributed by atoms with Gasteiger partial charge in [0.05, 0.1) is 7.11 Å². The van der Waals surface area contributed by atoms with Crippen molar-refractivity contribution in [3.05, 3.63) is 46.6 Å². The molecular weight excluding hydrogens is 245 g/mol. The predicted octanol–water partition coefficient (Wildman–Crippen LogP) is 4.06. The first-order chi connectivity index (χ1) is 7.70. The number of hydrogen-bond donors (Lipinski definition) is 0. The lowest BCUT2D eigenvalue weighted by atomic mass is 10.1. The Morgan fingerprint density at radius 3 is 2.56 bits per heavy atom. The van der Waals surface area contributed by atoms with Gasteiger partial charge in [0.15, 0.2) is 0 Å². The van der Waals surface area contributed by atoms with Crippen molar-refractivity contribution in [3.63, 3.8) is 0 Å². The molecule has 0 amide bonds. The molecule has 0 N–H and O–H groups in total. The summed E-state index contributed by atoms with van der Waals surface area (Å²) in [6.45, 7) is 0. The Bertz CT molecular complexity index is 497. The molecule has 0 aliphatic carbocycles. The molecule has 0 fully saturated rings. The molecular formula is C12H9Cl2NO. The van der Waals surface area contributed by atoms with Gasteiger partial charge >= 0.3 is 0 Å². The first-order valence-corrected chi connectivity index (χ1v) is 5.42. The van der Waals surface area contributed by atoms with Gasteiger partial charge in [0, 0.05) is 33.4 Å². The number of methoxy groups -OCH3 is 1. The molecule has 0 radical (unpaired) electrons. The molecule has 1 aromatic heterocycles. The van der Waals surface area contributed by atoms with Crippen LogP contribution in [0, 0.1) is 0 Å². The number of pyridine rings is 1. The normalized spacial score (nSPS) is 10.2. The van der Waals surface area contributed by atoms with Crippen molar-refractivity contribution >= 4 is 23.2 Å². The van der Waals surface area contributed by atoms with Gasteiger partial charge in [0.25, 0.3) is 0 Å². The maximum atomic E-state index is 6.09. The Labute approximate surface area is 104 Å². The van der Waals surface area contributed by atoms with Crippen LogP contribution in [0.4, 0.5) is 0 Å². The van der Waals surface area contributed by atoms with E-state index in [1.807, 2.05) is 12.1 Å². The van der Waals surface area contributed by atoms with E-state index in [9.17, 15) is 0 Å². The van der Waals surface area contributed by atoms with Gasteiger partial charge in [-0.05, 0) is 24.3 Å². The molecule has 0 unspecified atom stereocenters. The molecule has 1 heterocycles. The van der Waals surface area contributed by atoms with Crippen LogP contribution < -0.4 is 4.74 Å². The summed E-state index contributed by atoms with van der Waals surface area (Å²) in [4.78, 5) is 4.12. The van der Waals surface area contributed by atoms with Crippen LogP contribution in [0.1, 0.15) is 0 Å². The fourth-order valence-electron chi connectivity index (χ4n) is 1.38. The highest BCUT2D eigenvalue weighted by Crippen LogP contribution is 2.30. The van der Waals surface area contributed by atoms with Crippen molar-refractivity contribution in [2.24, 2.45) is 0 Å². The number of hydrogen-bond acceptors (Lipinski definition) is 2. The largest absolute Gasteiger partial charge is 0.481 e. The monoisotopic (exact) mass is 253 g/mol. The highest BCUT2D eigenvalue weighted by atomic mass is 35.5. The van der Waals surface area contributed by atoms with Crippen molar-refractivity contribution < 1.29 is 4.74 Å². The van der Waals surface area contributed by atoms with Crippen molar-refractivity contribution in [2.45, 2.75) is 0 Å². The van der Waals surface area contributed by atoms with Gasteiger partial charge in [-0.15, -0.1) is 0 Å². The molecule has 0 spiro atoms. The average Bonchev–Trinajstić information content (AvgIpc) is 2.32. The van der Waals surface area contributed by atoms with E-state index in [0.29, 0.717) is 15.9 Å². The molecule has 0 saturated carbocycles. The van der Waals surface area contributed by atoms with Crippen molar-refractivity contribution in [2.75, 3.05) is 7.11 Å². The lowest BCUT2D eigenvalue weighted by molar-refractivity contribution is 0.398. The fourth-order valence-corrected chi connectivity index (χ4v) is 1.78. The number of nitrogens with zero attached hydrogens (tertiary/aromatic N) is 1. The maximum absolute atomic E-state index is 6.09. The average molecular weight is 254 g/mol. The molecule has 82 valence electrons. The quantitative estimate of drug-likeness (QED) is 0.806. The van der Waals surface area contributed by atoms with Crippen molar-refractivity contribution in [1.82, 2.24) is 4.98 Å². The molecule has 0 bridgehead atoms. The highest BCUT2D eigenvalue weighted by molar-refractivity contribution is 6.35. The van der Waals surface area contributed by atoms with E-state index in [-0.39, 0.29) is 0 Å². The minimum Gasteiger partial charge on any atom is -0.481 e. The molecule has 1 aromatic carbocycles. The maximum Gasteiger partial charge on any atom is 0.212 e. The van der Waals surface area contributed by atoms with Crippen LogP contribution in [0.5, 0.6) is 5.88 Å². The zero-order valence-corrected chi connectivity index (χ0v) is 10.1. The van der Waals surface area contributed by atoms with Gasteiger partial charge in [-0.3, -0.25) is 0 Å². The van der Waals surface area contributed by atoms with Gasteiger partial charge in [-0.1, -0.05) is 23.2 Å².